The summed E-state index contributed by atoms with van der Waals surface area (Å²) in [5.41, 5.74) is 5.17. The molecule has 0 bridgehead atoms. The SMILES string of the molecule is NC(=O)c1cccc2c1c1[c]cc(C(F)(F)F)cc1n2Cc1ccc(F)cc1F. The van der Waals surface area contributed by atoms with E-state index in [0.29, 0.717) is 17.0 Å². The van der Waals surface area contributed by atoms with Crippen LogP contribution < -0.4 is 5.73 Å². The van der Waals surface area contributed by atoms with E-state index in [2.05, 4.69) is 6.07 Å². The van der Waals surface area contributed by atoms with Gasteiger partial charge in [-0.15, -0.1) is 0 Å². The number of halogens is 5. The minimum atomic E-state index is -4.61. The van der Waals surface area contributed by atoms with Crippen LogP contribution in [0.3, 0.4) is 0 Å². The fourth-order valence-electron chi connectivity index (χ4n) is 3.42. The first kappa shape index (κ1) is 18.9. The first-order valence-corrected chi connectivity index (χ1v) is 8.44. The standard InChI is InChI=1S/C21H12F5N2O/c22-13-6-4-11(16(23)9-13)10-28-17-3-1-2-15(20(27)29)19(17)14-7-5-12(8-18(14)28)21(24,25)26/h1-6,8-9H,10H2,(H2,27,29). The molecule has 1 heterocycles. The Hall–Kier alpha value is -3.42. The number of amides is 1. The summed E-state index contributed by atoms with van der Waals surface area (Å²) in [7, 11) is 0. The largest absolute Gasteiger partial charge is 0.416 e. The topological polar surface area (TPSA) is 48.0 Å². The fraction of sp³-hybridized carbons (Fsp3) is 0.0952. The van der Waals surface area contributed by atoms with Crippen LogP contribution in [0.1, 0.15) is 21.5 Å². The average molecular weight is 403 g/mol. The number of hydrogen-bond donors (Lipinski definition) is 1. The van der Waals surface area contributed by atoms with Crippen LogP contribution in [0.5, 0.6) is 0 Å². The number of fused-ring (bicyclic) bond motifs is 3. The lowest BCUT2D eigenvalue weighted by Crippen LogP contribution is -2.11. The Morgan fingerprint density at radius 2 is 1.83 bits per heavy atom. The molecule has 0 saturated heterocycles. The third kappa shape index (κ3) is 3.20. The minimum absolute atomic E-state index is 0.0760. The molecule has 0 atom stereocenters. The molecule has 1 radical (unpaired) electrons. The summed E-state index contributed by atoms with van der Waals surface area (Å²) in [4.78, 5) is 11.9. The zero-order valence-electron chi connectivity index (χ0n) is 14.6. The smallest absolute Gasteiger partial charge is 0.366 e. The molecule has 8 heteroatoms. The second kappa shape index (κ2) is 6.58. The third-order valence-electron chi connectivity index (χ3n) is 4.73. The van der Waals surface area contributed by atoms with Crippen LogP contribution in [0, 0.1) is 17.7 Å². The average Bonchev–Trinajstić information content (AvgIpc) is 2.96. The lowest BCUT2D eigenvalue weighted by Gasteiger charge is -2.11. The molecule has 4 rings (SSSR count). The molecule has 4 aromatic rings. The number of primary amides is 1. The van der Waals surface area contributed by atoms with Gasteiger partial charge >= 0.3 is 6.18 Å². The van der Waals surface area contributed by atoms with Gasteiger partial charge in [-0.05, 0) is 36.4 Å². The maximum atomic E-state index is 14.2. The number of nitrogens with zero attached hydrogens (tertiary/aromatic N) is 1. The van der Waals surface area contributed by atoms with Crippen molar-refractivity contribution < 1.29 is 26.7 Å². The summed E-state index contributed by atoms with van der Waals surface area (Å²) >= 11 is 0. The third-order valence-corrected chi connectivity index (χ3v) is 4.73. The molecule has 2 N–H and O–H groups in total. The number of benzene rings is 3. The van der Waals surface area contributed by atoms with Gasteiger partial charge in [-0.25, -0.2) is 8.78 Å². The summed E-state index contributed by atoms with van der Waals surface area (Å²) in [6, 6.07) is 11.9. The van der Waals surface area contributed by atoms with Crippen LogP contribution in [0.15, 0.2) is 48.5 Å². The van der Waals surface area contributed by atoms with Gasteiger partial charge in [0, 0.05) is 28.0 Å². The van der Waals surface area contributed by atoms with Crippen LogP contribution in [0.4, 0.5) is 22.0 Å². The molecule has 0 fully saturated rings. The van der Waals surface area contributed by atoms with Gasteiger partial charge in [0.2, 0.25) is 5.91 Å². The second-order valence-corrected chi connectivity index (χ2v) is 6.53. The van der Waals surface area contributed by atoms with Crippen molar-refractivity contribution in [3.8, 4) is 0 Å². The maximum absolute atomic E-state index is 14.2. The van der Waals surface area contributed by atoms with E-state index < -0.39 is 29.3 Å². The van der Waals surface area contributed by atoms with Crippen LogP contribution in [0.25, 0.3) is 21.8 Å². The Balaban J connectivity index is 2.06. The molecule has 147 valence electrons. The maximum Gasteiger partial charge on any atom is 0.416 e. The van der Waals surface area contributed by atoms with Gasteiger partial charge in [-0.3, -0.25) is 4.79 Å². The van der Waals surface area contributed by atoms with Crippen LogP contribution in [-0.4, -0.2) is 10.5 Å². The summed E-state index contributed by atoms with van der Waals surface area (Å²) < 4.78 is 68.6. The first-order valence-electron chi connectivity index (χ1n) is 8.44. The van der Waals surface area contributed by atoms with E-state index in [-0.39, 0.29) is 28.6 Å². The van der Waals surface area contributed by atoms with Crippen LogP contribution >= 0.6 is 0 Å². The Morgan fingerprint density at radius 1 is 1.07 bits per heavy atom. The van der Waals surface area contributed by atoms with Crippen molar-refractivity contribution in [3.63, 3.8) is 0 Å². The molecule has 0 aliphatic rings. The zero-order valence-corrected chi connectivity index (χ0v) is 14.6. The van der Waals surface area contributed by atoms with E-state index >= 15 is 0 Å². The van der Waals surface area contributed by atoms with Crippen molar-refractivity contribution in [1.29, 1.82) is 0 Å². The van der Waals surface area contributed by atoms with E-state index in [1.807, 2.05) is 0 Å². The van der Waals surface area contributed by atoms with Gasteiger partial charge in [0.25, 0.3) is 0 Å². The van der Waals surface area contributed by atoms with Crippen LogP contribution in [-0.2, 0) is 12.7 Å². The highest BCUT2D eigenvalue weighted by molar-refractivity contribution is 6.17. The summed E-state index contributed by atoms with van der Waals surface area (Å²) in [5, 5.41) is 0.580. The monoisotopic (exact) mass is 403 g/mol. The van der Waals surface area contributed by atoms with E-state index in [0.717, 1.165) is 18.2 Å². The van der Waals surface area contributed by atoms with Crippen molar-refractivity contribution in [1.82, 2.24) is 4.57 Å². The van der Waals surface area contributed by atoms with Crippen molar-refractivity contribution in [2.75, 3.05) is 0 Å². The highest BCUT2D eigenvalue weighted by Gasteiger charge is 2.31. The molecule has 0 aliphatic carbocycles. The summed E-state index contributed by atoms with van der Waals surface area (Å²) in [6.45, 7) is -0.177. The van der Waals surface area contributed by atoms with Gasteiger partial charge in [-0.2, -0.15) is 13.2 Å². The normalized spacial score (nSPS) is 12.0. The van der Waals surface area contributed by atoms with Crippen molar-refractivity contribution >= 4 is 27.7 Å². The van der Waals surface area contributed by atoms with E-state index in [1.165, 1.54) is 22.8 Å². The van der Waals surface area contributed by atoms with Gasteiger partial charge in [0.1, 0.15) is 11.6 Å². The second-order valence-electron chi connectivity index (χ2n) is 6.53. The number of alkyl halides is 3. The zero-order chi connectivity index (χ0) is 20.9. The van der Waals surface area contributed by atoms with Crippen molar-refractivity contribution in [3.05, 3.63) is 82.9 Å². The predicted octanol–water partition coefficient (Wildman–Crippen LogP) is 5.04. The first-order chi connectivity index (χ1) is 13.7. The Morgan fingerprint density at radius 3 is 2.48 bits per heavy atom. The van der Waals surface area contributed by atoms with E-state index in [4.69, 9.17) is 5.73 Å². The molecular weight excluding hydrogens is 391 g/mol. The molecule has 0 spiro atoms. The molecule has 0 saturated carbocycles. The Bertz CT molecular complexity index is 1270. The summed E-state index contributed by atoms with van der Waals surface area (Å²) in [6.07, 6.45) is -4.61. The molecule has 1 aromatic heterocycles. The van der Waals surface area contributed by atoms with E-state index in [9.17, 15) is 26.7 Å². The van der Waals surface area contributed by atoms with E-state index in [1.54, 1.807) is 6.07 Å². The highest BCUT2D eigenvalue weighted by Crippen LogP contribution is 2.36. The molecule has 0 unspecified atom stereocenters. The van der Waals surface area contributed by atoms with Gasteiger partial charge in [-0.1, -0.05) is 12.1 Å². The molecule has 0 aliphatic heterocycles. The molecule has 29 heavy (non-hydrogen) atoms. The Labute approximate surface area is 161 Å². The Kier molecular flexibility index (Phi) is 4.29. The van der Waals surface area contributed by atoms with Gasteiger partial charge in [0.05, 0.1) is 23.1 Å². The lowest BCUT2D eigenvalue weighted by atomic mass is 10.0. The molecular formula is C21H12F5N2O. The van der Waals surface area contributed by atoms with Crippen molar-refractivity contribution in [2.45, 2.75) is 12.7 Å². The number of carbonyl (C=O) groups is 1. The number of carbonyl (C=O) groups excluding carboxylic acids is 1. The number of hydrogen-bond acceptors (Lipinski definition) is 1. The predicted molar refractivity (Wildman–Crippen MR) is 97.3 cm³/mol. The van der Waals surface area contributed by atoms with Crippen LogP contribution in [0.2, 0.25) is 0 Å². The summed E-state index contributed by atoms with van der Waals surface area (Å²) in [5.74, 6) is -2.35. The van der Waals surface area contributed by atoms with Gasteiger partial charge in [0.15, 0.2) is 0 Å². The number of aromatic nitrogens is 1. The van der Waals surface area contributed by atoms with Crippen molar-refractivity contribution in [2.24, 2.45) is 5.73 Å². The highest BCUT2D eigenvalue weighted by atomic mass is 19.4. The lowest BCUT2D eigenvalue weighted by molar-refractivity contribution is -0.137. The van der Waals surface area contributed by atoms with Gasteiger partial charge < -0.3 is 10.3 Å². The molecule has 3 nitrogen and oxygen atoms in total. The molecule has 1 amide bonds. The minimum Gasteiger partial charge on any atom is -0.366 e. The molecule has 3 aromatic carbocycles. The number of nitrogens with two attached hydrogens (primary N) is 1. The number of rotatable bonds is 3. The fourth-order valence-corrected chi connectivity index (χ4v) is 3.42. The quantitative estimate of drug-likeness (QED) is 0.479.